The van der Waals surface area contributed by atoms with Gasteiger partial charge in [-0.3, -0.25) is 4.79 Å². The van der Waals surface area contributed by atoms with Gasteiger partial charge >= 0.3 is 0 Å². The van der Waals surface area contributed by atoms with Gasteiger partial charge in [0.1, 0.15) is 12.6 Å². The fourth-order valence-electron chi connectivity index (χ4n) is 3.24. The van der Waals surface area contributed by atoms with Crippen LogP contribution in [-0.2, 0) is 21.4 Å². The molecule has 0 spiro atoms. The van der Waals surface area contributed by atoms with Crippen molar-refractivity contribution in [1.29, 1.82) is 0 Å². The maximum absolute atomic E-state index is 12.9. The van der Waals surface area contributed by atoms with Gasteiger partial charge in [-0.1, -0.05) is 35.0 Å². The van der Waals surface area contributed by atoms with Gasteiger partial charge in [0.15, 0.2) is 0 Å². The van der Waals surface area contributed by atoms with Gasteiger partial charge < -0.3 is 9.42 Å². The molecule has 0 unspecified atom stereocenters. The minimum absolute atomic E-state index is 0.155. The number of amides is 1. The zero-order chi connectivity index (χ0) is 19.6. The van der Waals surface area contributed by atoms with Gasteiger partial charge in [0, 0.05) is 18.7 Å². The summed E-state index contributed by atoms with van der Waals surface area (Å²) in [6, 6.07) is 7.10. The highest BCUT2D eigenvalue weighted by Crippen LogP contribution is 2.23. The smallest absolute Gasteiger partial charge is 0.246 e. The number of carbonyl (C=O) groups is 1. The van der Waals surface area contributed by atoms with Gasteiger partial charge in [0.25, 0.3) is 0 Å². The number of aromatic nitrogens is 2. The number of hydrogen-bond donors (Lipinski definition) is 0. The van der Waals surface area contributed by atoms with Crippen LogP contribution in [0.4, 0.5) is 0 Å². The first-order chi connectivity index (χ1) is 12.8. The Kier molecular flexibility index (Phi) is 5.61. The summed E-state index contributed by atoms with van der Waals surface area (Å²) in [5.74, 6) is 0.562. The number of hydrogen-bond acceptors (Lipinski definition) is 6. The standard InChI is InChI=1S/C18H24N4O4S/c1-4-21(18(23)15-6-5-11-22(15)27(3,24)25)12-16-19-17(20-26-16)14-9-7-13(2)8-10-14/h7-10,15H,4-6,11-12H2,1-3H3/t15-/m0/s1. The highest BCUT2D eigenvalue weighted by atomic mass is 32.2. The Bertz CT molecular complexity index is 908. The Morgan fingerprint density at radius 2 is 2.04 bits per heavy atom. The van der Waals surface area contributed by atoms with E-state index in [0.717, 1.165) is 17.4 Å². The normalized spacial score (nSPS) is 18.0. The number of sulfonamides is 1. The van der Waals surface area contributed by atoms with Crippen molar-refractivity contribution in [2.45, 2.75) is 39.3 Å². The van der Waals surface area contributed by atoms with Crippen LogP contribution in [0.2, 0.25) is 0 Å². The van der Waals surface area contributed by atoms with E-state index in [1.54, 1.807) is 4.90 Å². The Morgan fingerprint density at radius 1 is 1.33 bits per heavy atom. The van der Waals surface area contributed by atoms with Crippen LogP contribution < -0.4 is 0 Å². The van der Waals surface area contributed by atoms with Crippen LogP contribution in [0.25, 0.3) is 11.4 Å². The molecule has 1 aliphatic heterocycles. The van der Waals surface area contributed by atoms with E-state index in [-0.39, 0.29) is 12.5 Å². The molecule has 1 aromatic carbocycles. The SMILES string of the molecule is CCN(Cc1nc(-c2ccc(C)cc2)no1)C(=O)[C@@H]1CCCN1S(C)(=O)=O. The van der Waals surface area contributed by atoms with Crippen molar-refractivity contribution < 1.29 is 17.7 Å². The van der Waals surface area contributed by atoms with E-state index in [0.29, 0.717) is 37.6 Å². The lowest BCUT2D eigenvalue weighted by Gasteiger charge is -2.27. The summed E-state index contributed by atoms with van der Waals surface area (Å²) < 4.78 is 30.4. The monoisotopic (exact) mass is 392 g/mol. The van der Waals surface area contributed by atoms with Gasteiger partial charge in [0.2, 0.25) is 27.6 Å². The van der Waals surface area contributed by atoms with Gasteiger partial charge in [-0.15, -0.1) is 0 Å². The lowest BCUT2D eigenvalue weighted by Crippen LogP contribution is -2.47. The topological polar surface area (TPSA) is 96.6 Å². The van der Waals surface area contributed by atoms with Crippen LogP contribution in [0.3, 0.4) is 0 Å². The highest BCUT2D eigenvalue weighted by Gasteiger charge is 2.38. The molecule has 1 fully saturated rings. The van der Waals surface area contributed by atoms with Gasteiger partial charge in [0.05, 0.1) is 6.26 Å². The molecule has 1 saturated heterocycles. The minimum Gasteiger partial charge on any atom is -0.337 e. The lowest BCUT2D eigenvalue weighted by molar-refractivity contribution is -0.135. The Labute approximate surface area is 159 Å². The first-order valence-electron chi connectivity index (χ1n) is 8.95. The second kappa shape index (κ2) is 7.77. The van der Waals surface area contributed by atoms with Crippen molar-refractivity contribution in [3.05, 3.63) is 35.7 Å². The number of likely N-dealkylation sites (N-methyl/N-ethyl adjacent to an activating group) is 1. The fraction of sp³-hybridized carbons (Fsp3) is 0.500. The molecule has 1 aromatic heterocycles. The molecule has 8 nitrogen and oxygen atoms in total. The summed E-state index contributed by atoms with van der Waals surface area (Å²) in [5, 5.41) is 3.98. The molecule has 0 aliphatic carbocycles. The molecular weight excluding hydrogens is 368 g/mol. The largest absolute Gasteiger partial charge is 0.337 e. The van der Waals surface area contributed by atoms with E-state index in [4.69, 9.17) is 4.52 Å². The van der Waals surface area contributed by atoms with E-state index in [2.05, 4.69) is 10.1 Å². The summed E-state index contributed by atoms with van der Waals surface area (Å²) in [6.07, 6.45) is 2.35. The van der Waals surface area contributed by atoms with E-state index in [1.807, 2.05) is 38.1 Å². The third-order valence-corrected chi connectivity index (χ3v) is 6.00. The predicted molar refractivity (Wildman–Crippen MR) is 100 cm³/mol. The van der Waals surface area contributed by atoms with Crippen molar-refractivity contribution >= 4 is 15.9 Å². The minimum atomic E-state index is -3.41. The van der Waals surface area contributed by atoms with Crippen LogP contribution in [-0.4, -0.2) is 59.1 Å². The predicted octanol–water partition coefficient (Wildman–Crippen LogP) is 1.82. The van der Waals surface area contributed by atoms with Gasteiger partial charge in [-0.05, 0) is 26.7 Å². The first kappa shape index (κ1) is 19.5. The molecule has 3 rings (SSSR count). The summed E-state index contributed by atoms with van der Waals surface area (Å²) in [4.78, 5) is 18.8. The average molecular weight is 392 g/mol. The Balaban J connectivity index is 1.73. The van der Waals surface area contributed by atoms with Crippen LogP contribution in [0.5, 0.6) is 0 Å². The molecule has 0 N–H and O–H groups in total. The quantitative estimate of drug-likeness (QED) is 0.744. The third kappa shape index (κ3) is 4.36. The molecule has 0 saturated carbocycles. The highest BCUT2D eigenvalue weighted by molar-refractivity contribution is 7.88. The van der Waals surface area contributed by atoms with E-state index in [1.165, 1.54) is 4.31 Å². The molecule has 1 atom stereocenters. The van der Waals surface area contributed by atoms with Crippen molar-refractivity contribution in [3.8, 4) is 11.4 Å². The summed E-state index contributed by atoms with van der Waals surface area (Å²) >= 11 is 0. The van der Waals surface area contributed by atoms with Crippen LogP contribution in [0, 0.1) is 6.92 Å². The molecule has 1 aliphatic rings. The van der Waals surface area contributed by atoms with Crippen molar-refractivity contribution in [2.75, 3.05) is 19.3 Å². The number of carbonyl (C=O) groups excluding carboxylic acids is 1. The molecule has 1 amide bonds. The molecule has 27 heavy (non-hydrogen) atoms. The molecule has 9 heteroatoms. The molecular formula is C18H24N4O4S. The fourth-order valence-corrected chi connectivity index (χ4v) is 4.36. The van der Waals surface area contributed by atoms with Crippen molar-refractivity contribution in [2.24, 2.45) is 0 Å². The lowest BCUT2D eigenvalue weighted by atomic mass is 10.1. The van der Waals surface area contributed by atoms with Crippen LogP contribution in [0.1, 0.15) is 31.2 Å². The van der Waals surface area contributed by atoms with Crippen molar-refractivity contribution in [1.82, 2.24) is 19.3 Å². The summed E-state index contributed by atoms with van der Waals surface area (Å²) in [7, 11) is -3.41. The van der Waals surface area contributed by atoms with E-state index in [9.17, 15) is 13.2 Å². The van der Waals surface area contributed by atoms with E-state index >= 15 is 0 Å². The number of nitrogens with zero attached hydrogens (tertiary/aromatic N) is 4. The zero-order valence-electron chi connectivity index (χ0n) is 15.8. The molecule has 0 radical (unpaired) electrons. The van der Waals surface area contributed by atoms with Crippen LogP contribution in [0.15, 0.2) is 28.8 Å². The second-order valence-electron chi connectivity index (χ2n) is 6.76. The molecule has 0 bridgehead atoms. The number of aryl methyl sites for hydroxylation is 1. The molecule has 2 aromatic rings. The average Bonchev–Trinajstić information content (AvgIpc) is 3.29. The molecule has 146 valence electrons. The molecule has 2 heterocycles. The van der Waals surface area contributed by atoms with E-state index < -0.39 is 16.1 Å². The maximum atomic E-state index is 12.9. The summed E-state index contributed by atoms with van der Waals surface area (Å²) in [6.45, 7) is 4.80. The second-order valence-corrected chi connectivity index (χ2v) is 8.70. The third-order valence-electron chi connectivity index (χ3n) is 4.71. The Morgan fingerprint density at radius 3 is 2.67 bits per heavy atom. The maximum Gasteiger partial charge on any atom is 0.246 e. The first-order valence-corrected chi connectivity index (χ1v) is 10.8. The number of benzene rings is 1. The van der Waals surface area contributed by atoms with Gasteiger partial charge in [-0.25, -0.2) is 8.42 Å². The zero-order valence-corrected chi connectivity index (χ0v) is 16.6. The summed E-state index contributed by atoms with van der Waals surface area (Å²) in [5.41, 5.74) is 1.97. The van der Waals surface area contributed by atoms with Crippen molar-refractivity contribution in [3.63, 3.8) is 0 Å². The van der Waals surface area contributed by atoms with Gasteiger partial charge in [-0.2, -0.15) is 9.29 Å². The number of rotatable bonds is 6. The Hall–Kier alpha value is -2.26. The van der Waals surface area contributed by atoms with Crippen LogP contribution >= 0.6 is 0 Å².